The van der Waals surface area contributed by atoms with Crippen LogP contribution >= 0.6 is 0 Å². The molecule has 1 rings (SSSR count). The highest BCUT2D eigenvalue weighted by Gasteiger charge is 2.00. The molecule has 0 aliphatic rings. The van der Waals surface area contributed by atoms with Crippen molar-refractivity contribution in [3.05, 3.63) is 0 Å². The topological polar surface area (TPSA) is 87.8 Å². The van der Waals surface area contributed by atoms with E-state index >= 15 is 0 Å². The molecule has 80 valence electrons. The Morgan fingerprint density at radius 3 is 1.13 bits per heavy atom. The number of hydrogen-bond acceptors (Lipinski definition) is 7. The van der Waals surface area contributed by atoms with Crippen LogP contribution in [0.25, 0.3) is 0 Å². The molecular weight excluding hydrogens is 194 g/mol. The van der Waals surface area contributed by atoms with Crippen LogP contribution in [0.4, 0.5) is 17.8 Å². The Balaban J connectivity index is 0.000000583. The van der Waals surface area contributed by atoms with Crippen molar-refractivity contribution in [3.8, 4) is 0 Å². The van der Waals surface area contributed by atoms with Gasteiger partial charge in [0.2, 0.25) is 0 Å². The fourth-order valence-electron chi connectivity index (χ4n) is 0.555. The molecule has 15 heavy (non-hydrogen) atoms. The van der Waals surface area contributed by atoms with Crippen LogP contribution in [0.5, 0.6) is 0 Å². The molecule has 7 heteroatoms. The zero-order valence-corrected chi connectivity index (χ0v) is 8.80. The van der Waals surface area contributed by atoms with E-state index in [1.807, 2.05) is 14.1 Å². The molecule has 0 radical (unpaired) electrons. The summed E-state index contributed by atoms with van der Waals surface area (Å²) in [6.45, 7) is 9.76. The minimum atomic E-state index is 0.162. The highest BCUT2D eigenvalue weighted by molar-refractivity contribution is 5.44. The zero-order chi connectivity index (χ0) is 11.7. The summed E-state index contributed by atoms with van der Waals surface area (Å²) < 4.78 is 0. The molecule has 0 fully saturated rings. The number of aliphatic imine (C=N–C) groups is 3. The number of nitrogens with zero attached hydrogens (tertiary/aromatic N) is 6. The zero-order valence-electron chi connectivity index (χ0n) is 8.80. The average Bonchev–Trinajstić information content (AvgIpc) is 2.29. The summed E-state index contributed by atoms with van der Waals surface area (Å²) >= 11 is 0. The minimum absolute atomic E-state index is 0.162. The third kappa shape index (κ3) is 4.67. The predicted molar refractivity (Wildman–Crippen MR) is 62.4 cm³/mol. The number of rotatable bonds is 3. The second-order valence-electron chi connectivity index (χ2n) is 2.21. The summed E-state index contributed by atoms with van der Waals surface area (Å²) in [7, 11) is 3.75. The van der Waals surface area contributed by atoms with Crippen molar-refractivity contribution in [2.24, 2.45) is 15.0 Å². The van der Waals surface area contributed by atoms with Crippen LogP contribution < -0.4 is 5.32 Å². The Morgan fingerprint density at radius 1 is 0.800 bits per heavy atom. The van der Waals surface area contributed by atoms with Gasteiger partial charge in [0.15, 0.2) is 0 Å². The Hall–Kier alpha value is -2.02. The van der Waals surface area contributed by atoms with E-state index in [1.54, 1.807) is 0 Å². The Labute approximate surface area is 88.2 Å². The molecule has 0 bridgehead atoms. The summed E-state index contributed by atoms with van der Waals surface area (Å²) in [5, 5.41) is 2.75. The van der Waals surface area contributed by atoms with Crippen LogP contribution in [0, 0.1) is 0 Å². The molecule has 7 nitrogen and oxygen atoms in total. The summed E-state index contributed by atoms with van der Waals surface area (Å²) in [5.74, 6) is 0.486. The molecule has 0 aliphatic carbocycles. The van der Waals surface area contributed by atoms with Crippen LogP contribution in [0.15, 0.2) is 15.0 Å². The van der Waals surface area contributed by atoms with Crippen molar-refractivity contribution in [3.63, 3.8) is 0 Å². The van der Waals surface area contributed by atoms with Gasteiger partial charge in [-0.25, -0.2) is 15.0 Å². The van der Waals surface area contributed by atoms with Crippen molar-refractivity contribution < 1.29 is 0 Å². The molecule has 0 atom stereocenters. The van der Waals surface area contributed by atoms with Gasteiger partial charge in [0.05, 0.1) is 0 Å². The van der Waals surface area contributed by atoms with Gasteiger partial charge in [-0.05, 0) is 34.2 Å². The maximum absolute atomic E-state index is 3.75. The van der Waals surface area contributed by atoms with Crippen molar-refractivity contribution in [1.29, 1.82) is 0 Å². The van der Waals surface area contributed by atoms with E-state index < -0.39 is 0 Å². The lowest BCUT2D eigenvalue weighted by atomic mass is 10.8. The van der Waals surface area contributed by atoms with Crippen LogP contribution in [0.1, 0.15) is 0 Å². The van der Waals surface area contributed by atoms with Crippen molar-refractivity contribution in [2.75, 3.05) is 14.1 Å². The van der Waals surface area contributed by atoms with E-state index in [1.165, 1.54) is 0 Å². The molecular formula is C8H13N7. The third-order valence-electron chi connectivity index (χ3n) is 1.02. The van der Waals surface area contributed by atoms with Gasteiger partial charge < -0.3 is 5.32 Å². The molecule has 0 spiro atoms. The lowest BCUT2D eigenvalue weighted by Crippen LogP contribution is -1.89. The lowest BCUT2D eigenvalue weighted by molar-refractivity contribution is 1.02. The van der Waals surface area contributed by atoms with Crippen LogP contribution in [0.3, 0.4) is 0 Å². The molecule has 0 saturated heterocycles. The first-order valence-corrected chi connectivity index (χ1v) is 3.96. The molecule has 1 aromatic heterocycles. The van der Waals surface area contributed by atoms with Crippen molar-refractivity contribution >= 4 is 38.0 Å². The molecule has 0 unspecified atom stereocenters. The van der Waals surface area contributed by atoms with E-state index in [9.17, 15) is 0 Å². The van der Waals surface area contributed by atoms with Crippen molar-refractivity contribution in [2.45, 2.75) is 0 Å². The average molecular weight is 207 g/mol. The van der Waals surface area contributed by atoms with Gasteiger partial charge in [0, 0.05) is 0 Å². The fraction of sp³-hybridized carbons (Fsp3) is 0.250. The molecule has 1 aromatic rings. The van der Waals surface area contributed by atoms with E-state index in [0.717, 1.165) is 0 Å². The van der Waals surface area contributed by atoms with Gasteiger partial charge in [-0.15, -0.1) is 0 Å². The minimum Gasteiger partial charge on any atom is -0.323 e. The molecule has 0 saturated carbocycles. The molecule has 1 N–H and O–H groups in total. The van der Waals surface area contributed by atoms with Gasteiger partial charge >= 0.3 is 0 Å². The maximum atomic E-state index is 3.75. The SMILES string of the molecule is C=Nc1nc(N=C)nc(N=C)n1.CNC. The van der Waals surface area contributed by atoms with Crippen LogP contribution in [-0.4, -0.2) is 49.2 Å². The van der Waals surface area contributed by atoms with E-state index in [0.29, 0.717) is 0 Å². The number of aromatic nitrogens is 3. The maximum Gasteiger partial charge on any atom is 0.255 e. The molecule has 1 heterocycles. The van der Waals surface area contributed by atoms with Gasteiger partial charge in [-0.1, -0.05) is 0 Å². The summed E-state index contributed by atoms with van der Waals surface area (Å²) in [6, 6.07) is 0. The first-order chi connectivity index (χ1) is 7.21. The number of nitrogens with one attached hydrogen (secondary N) is 1. The highest BCUT2D eigenvalue weighted by atomic mass is 15.2. The third-order valence-corrected chi connectivity index (χ3v) is 1.02. The second kappa shape index (κ2) is 7.39. The van der Waals surface area contributed by atoms with Gasteiger partial charge in [-0.3, -0.25) is 0 Å². The Morgan fingerprint density at radius 2 is 1.00 bits per heavy atom. The standard InChI is InChI=1S/C6H6N6.C2H7N/c1-7-4-10-5(8-2)12-6(9-3)11-4;1-3-2/h1-3H2;3H,1-2H3. The van der Waals surface area contributed by atoms with Crippen LogP contribution in [0.2, 0.25) is 0 Å². The van der Waals surface area contributed by atoms with Crippen molar-refractivity contribution in [1.82, 2.24) is 20.3 Å². The Kier molecular flexibility index (Phi) is 6.39. The molecule has 0 aromatic carbocycles. The molecule has 0 amide bonds. The number of hydrogen-bond donors (Lipinski definition) is 1. The van der Waals surface area contributed by atoms with Gasteiger partial charge in [0.25, 0.3) is 17.8 Å². The summed E-state index contributed by atoms with van der Waals surface area (Å²) in [5.41, 5.74) is 0. The van der Waals surface area contributed by atoms with Gasteiger partial charge in [-0.2, -0.15) is 15.0 Å². The Bertz CT molecular complexity index is 282. The smallest absolute Gasteiger partial charge is 0.255 e. The van der Waals surface area contributed by atoms with E-state index in [4.69, 9.17) is 0 Å². The normalized spacial score (nSPS) is 8.40. The van der Waals surface area contributed by atoms with E-state index in [2.05, 4.69) is 55.4 Å². The quantitative estimate of drug-likeness (QED) is 0.739. The van der Waals surface area contributed by atoms with Gasteiger partial charge in [0.1, 0.15) is 0 Å². The van der Waals surface area contributed by atoms with Crippen LogP contribution in [-0.2, 0) is 0 Å². The molecule has 0 aliphatic heterocycles. The highest BCUT2D eigenvalue weighted by Crippen LogP contribution is 2.13. The first-order valence-electron chi connectivity index (χ1n) is 3.96. The first kappa shape index (κ1) is 13.0. The lowest BCUT2D eigenvalue weighted by Gasteiger charge is -1.94. The summed E-state index contributed by atoms with van der Waals surface area (Å²) in [6.07, 6.45) is 0. The second-order valence-corrected chi connectivity index (χ2v) is 2.21. The monoisotopic (exact) mass is 207 g/mol. The predicted octanol–water partition coefficient (Wildman–Crippen LogP) is 0.703. The summed E-state index contributed by atoms with van der Waals surface area (Å²) in [4.78, 5) is 21.8. The fourth-order valence-corrected chi connectivity index (χ4v) is 0.555. The van der Waals surface area contributed by atoms with E-state index in [-0.39, 0.29) is 17.8 Å². The largest absolute Gasteiger partial charge is 0.323 e.